The van der Waals surface area contributed by atoms with Crippen molar-refractivity contribution in [2.45, 2.75) is 12.8 Å². The quantitative estimate of drug-likeness (QED) is 0.514. The third kappa shape index (κ3) is 3.71. The highest BCUT2D eigenvalue weighted by Crippen LogP contribution is 2.14. The Labute approximate surface area is 115 Å². The standard InChI is InChI=1S/C15H13FN2O2/c16-12-6-8-13(9-7-12)20-15(19)10-5-11-3-1-2-4-14(11)18-17/h1-4,6-9,18H,5,10H2. The van der Waals surface area contributed by atoms with E-state index in [-0.39, 0.29) is 12.2 Å². The molecule has 2 rings (SSSR count). The van der Waals surface area contributed by atoms with E-state index in [9.17, 15) is 9.18 Å². The molecule has 20 heavy (non-hydrogen) atoms. The van der Waals surface area contributed by atoms with Gasteiger partial charge in [0.05, 0.1) is 6.42 Å². The highest BCUT2D eigenvalue weighted by atomic mass is 19.1. The largest absolute Gasteiger partial charge is 0.502 e. The first-order valence-corrected chi connectivity index (χ1v) is 6.13. The Balaban J connectivity index is 1.92. The van der Waals surface area contributed by atoms with E-state index >= 15 is 0 Å². The molecule has 0 spiro atoms. The molecule has 0 saturated carbocycles. The molecule has 2 aromatic carbocycles. The van der Waals surface area contributed by atoms with Crippen molar-refractivity contribution in [2.75, 3.05) is 0 Å². The monoisotopic (exact) mass is 272 g/mol. The molecule has 5 heteroatoms. The predicted octanol–water partition coefficient (Wildman–Crippen LogP) is 2.10. The van der Waals surface area contributed by atoms with E-state index < -0.39 is 5.97 Å². The predicted molar refractivity (Wildman–Crippen MR) is 70.8 cm³/mol. The third-order valence-electron chi connectivity index (χ3n) is 2.78. The zero-order valence-electron chi connectivity index (χ0n) is 10.7. The van der Waals surface area contributed by atoms with Crippen LogP contribution in [0.4, 0.5) is 10.1 Å². The number of hydrogen-bond acceptors (Lipinski definition) is 2. The average molecular weight is 272 g/mol. The van der Waals surface area contributed by atoms with Crippen LogP contribution in [0.3, 0.4) is 0 Å². The summed E-state index contributed by atoms with van der Waals surface area (Å²) in [7, 11) is 0. The van der Waals surface area contributed by atoms with Gasteiger partial charge < -0.3 is 10.3 Å². The van der Waals surface area contributed by atoms with E-state index in [0.717, 1.165) is 5.56 Å². The van der Waals surface area contributed by atoms with Crippen LogP contribution in [-0.4, -0.2) is 5.97 Å². The van der Waals surface area contributed by atoms with Crippen LogP contribution in [0.5, 0.6) is 5.75 Å². The molecule has 0 aromatic heterocycles. The van der Waals surface area contributed by atoms with E-state index in [0.29, 0.717) is 17.9 Å². The van der Waals surface area contributed by atoms with Gasteiger partial charge in [-0.05, 0) is 30.7 Å². The molecule has 0 fully saturated rings. The summed E-state index contributed by atoms with van der Waals surface area (Å²) in [5.41, 5.74) is 10.3. The van der Waals surface area contributed by atoms with E-state index in [1.165, 1.54) is 24.3 Å². The van der Waals surface area contributed by atoms with Crippen LogP contribution < -0.4 is 9.85 Å². The molecule has 102 valence electrons. The summed E-state index contributed by atoms with van der Waals surface area (Å²) in [6, 6.07) is 12.4. The maximum Gasteiger partial charge on any atom is 0.311 e. The maximum atomic E-state index is 12.7. The van der Waals surface area contributed by atoms with Crippen molar-refractivity contribution in [1.82, 2.24) is 0 Å². The van der Waals surface area contributed by atoms with E-state index in [1.54, 1.807) is 12.1 Å². The minimum atomic E-state index is -0.413. The van der Waals surface area contributed by atoms with E-state index in [4.69, 9.17) is 10.3 Å². The molecule has 2 aromatic rings. The van der Waals surface area contributed by atoms with Crippen LogP contribution in [0.15, 0.2) is 48.5 Å². The molecule has 0 unspecified atom stereocenters. The molecular formula is C15H13FN2O2. The number of benzene rings is 2. The Morgan fingerprint density at radius 2 is 1.85 bits per heavy atom. The highest BCUT2D eigenvalue weighted by molar-refractivity contribution is 5.72. The number of aryl methyl sites for hydroxylation is 1. The lowest BCUT2D eigenvalue weighted by molar-refractivity contribution is -0.380. The van der Waals surface area contributed by atoms with Crippen molar-refractivity contribution >= 4 is 11.7 Å². The Morgan fingerprint density at radius 3 is 2.55 bits per heavy atom. The van der Waals surface area contributed by atoms with Crippen molar-refractivity contribution in [3.8, 4) is 5.75 Å². The molecule has 0 aliphatic rings. The van der Waals surface area contributed by atoms with Gasteiger partial charge in [-0.2, -0.15) is 0 Å². The Kier molecular flexibility index (Phi) is 4.55. The van der Waals surface area contributed by atoms with Crippen LogP contribution in [0, 0.1) is 5.82 Å². The van der Waals surface area contributed by atoms with Gasteiger partial charge in [-0.3, -0.25) is 9.91 Å². The van der Waals surface area contributed by atoms with Crippen LogP contribution in [0.25, 0.3) is 5.53 Å². The number of hydrogen-bond donors (Lipinski definition) is 1. The molecule has 0 aliphatic heterocycles. The molecule has 0 bridgehead atoms. The average Bonchev–Trinajstić information content (AvgIpc) is 2.48. The molecule has 0 heterocycles. The van der Waals surface area contributed by atoms with Gasteiger partial charge in [0.2, 0.25) is 0 Å². The summed E-state index contributed by atoms with van der Waals surface area (Å²) in [4.78, 5) is 11.7. The number of carbonyl (C=O) groups is 1. The number of rotatable bonds is 5. The zero-order valence-corrected chi connectivity index (χ0v) is 10.7. The number of esters is 1. The lowest BCUT2D eigenvalue weighted by atomic mass is 10.1. The number of para-hydroxylation sites is 1. The second-order valence-corrected chi connectivity index (χ2v) is 4.20. The molecule has 1 N–H and O–H groups in total. The van der Waals surface area contributed by atoms with Gasteiger partial charge in [0, 0.05) is 11.6 Å². The van der Waals surface area contributed by atoms with Crippen LogP contribution in [0.1, 0.15) is 12.0 Å². The fourth-order valence-electron chi connectivity index (χ4n) is 1.77. The zero-order chi connectivity index (χ0) is 14.4. The summed E-state index contributed by atoms with van der Waals surface area (Å²) < 4.78 is 17.8. The van der Waals surface area contributed by atoms with E-state index in [2.05, 4.69) is 5.11 Å². The van der Waals surface area contributed by atoms with Gasteiger partial charge in [0.25, 0.3) is 0 Å². The summed E-state index contributed by atoms with van der Waals surface area (Å²) in [6.07, 6.45) is 0.597. The first-order valence-electron chi connectivity index (χ1n) is 6.13. The Morgan fingerprint density at radius 1 is 1.15 bits per heavy atom. The molecule has 0 aliphatic carbocycles. The smallest absolute Gasteiger partial charge is 0.311 e. The second-order valence-electron chi connectivity index (χ2n) is 4.20. The van der Waals surface area contributed by atoms with Gasteiger partial charge >= 0.3 is 5.97 Å². The second kappa shape index (κ2) is 6.56. The Hall–Kier alpha value is -2.56. The molecule has 0 radical (unpaired) electrons. The molecule has 0 atom stereocenters. The van der Waals surface area contributed by atoms with Crippen molar-refractivity contribution in [3.05, 3.63) is 65.4 Å². The topological polar surface area (TPSA) is 62.6 Å². The molecule has 4 nitrogen and oxygen atoms in total. The summed E-state index contributed by atoms with van der Waals surface area (Å²) in [5, 5.41) is 2.08. The number of nitrogens with one attached hydrogen (secondary N) is 1. The number of halogens is 1. The SMILES string of the molecule is [N-]=[NH+]c1ccccc1CCC(=O)Oc1ccc(F)cc1. The fraction of sp³-hybridized carbons (Fsp3) is 0.133. The van der Waals surface area contributed by atoms with Gasteiger partial charge in [-0.25, -0.2) is 4.39 Å². The van der Waals surface area contributed by atoms with Crippen molar-refractivity contribution in [3.63, 3.8) is 0 Å². The lowest BCUT2D eigenvalue weighted by Crippen LogP contribution is -2.55. The number of ether oxygens (including phenoxy) is 1. The first kappa shape index (κ1) is 13.9. The minimum absolute atomic E-state index is 0.163. The summed E-state index contributed by atoms with van der Waals surface area (Å²) >= 11 is 0. The van der Waals surface area contributed by atoms with Crippen LogP contribution >= 0.6 is 0 Å². The Bertz CT molecular complexity index is 612. The van der Waals surface area contributed by atoms with Crippen molar-refractivity contribution in [1.29, 1.82) is 0 Å². The first-order chi connectivity index (χ1) is 9.69. The third-order valence-corrected chi connectivity index (χ3v) is 2.78. The summed E-state index contributed by atoms with van der Waals surface area (Å²) in [6.45, 7) is 0. The summed E-state index contributed by atoms with van der Waals surface area (Å²) in [5.74, 6) is -0.484. The molecule has 0 amide bonds. The lowest BCUT2D eigenvalue weighted by Gasteiger charge is -2.05. The van der Waals surface area contributed by atoms with E-state index in [1.807, 2.05) is 12.1 Å². The minimum Gasteiger partial charge on any atom is -0.502 e. The van der Waals surface area contributed by atoms with Gasteiger partial charge in [0.1, 0.15) is 11.6 Å². The van der Waals surface area contributed by atoms with Gasteiger partial charge in [-0.15, -0.1) is 0 Å². The maximum absolute atomic E-state index is 12.7. The van der Waals surface area contributed by atoms with Gasteiger partial charge in [-0.1, -0.05) is 18.2 Å². The fourth-order valence-corrected chi connectivity index (χ4v) is 1.77. The number of carbonyl (C=O) groups excluding carboxylic acids is 1. The van der Waals surface area contributed by atoms with Gasteiger partial charge in [0.15, 0.2) is 5.69 Å². The highest BCUT2D eigenvalue weighted by Gasteiger charge is 2.09. The van der Waals surface area contributed by atoms with Crippen molar-refractivity contribution in [2.24, 2.45) is 0 Å². The van der Waals surface area contributed by atoms with Crippen LogP contribution in [-0.2, 0) is 11.2 Å². The normalized spacial score (nSPS) is 10.1. The van der Waals surface area contributed by atoms with Crippen molar-refractivity contribution < 1.29 is 19.0 Å². The van der Waals surface area contributed by atoms with Crippen LogP contribution in [0.2, 0.25) is 0 Å². The molecule has 0 saturated heterocycles. The molecular weight excluding hydrogens is 259 g/mol. The number of nitrogens with zero attached hydrogens (tertiary/aromatic N) is 1.